The summed E-state index contributed by atoms with van der Waals surface area (Å²) in [6, 6.07) is 8.74. The van der Waals surface area contributed by atoms with Crippen molar-refractivity contribution in [2.45, 2.75) is 4.90 Å². The van der Waals surface area contributed by atoms with Crippen LogP contribution in [0.1, 0.15) is 0 Å². The van der Waals surface area contributed by atoms with Gasteiger partial charge in [0.05, 0.1) is 5.69 Å². The number of anilines is 1. The molecule has 1 aliphatic heterocycles. The van der Waals surface area contributed by atoms with Gasteiger partial charge in [0, 0.05) is 16.1 Å². The van der Waals surface area contributed by atoms with Crippen molar-refractivity contribution in [2.75, 3.05) is 5.32 Å². The summed E-state index contributed by atoms with van der Waals surface area (Å²) in [7, 11) is -3.97. The molecule has 3 rings (SSSR count). The molecular weight excluding hydrogens is 338 g/mol. The van der Waals surface area contributed by atoms with Crippen LogP contribution in [0, 0.1) is 5.82 Å². The number of rotatable bonds is 1. The molecule has 0 fully saturated rings. The topological polar surface area (TPSA) is 58.5 Å². The Bertz CT molecular complexity index is 882. The average molecular weight is 345 g/mol. The lowest BCUT2D eigenvalue weighted by Gasteiger charge is -2.19. The Kier molecular flexibility index (Phi) is 3.39. The summed E-state index contributed by atoms with van der Waals surface area (Å²) in [4.78, 5) is -0.150. The van der Waals surface area contributed by atoms with Crippen LogP contribution in [0.15, 0.2) is 45.7 Å². The Labute approximate surface area is 130 Å². The van der Waals surface area contributed by atoms with Crippen molar-refractivity contribution in [2.24, 2.45) is 4.40 Å². The average Bonchev–Trinajstić information content (AvgIpc) is 2.38. The van der Waals surface area contributed by atoms with Gasteiger partial charge in [0.2, 0.25) is 5.29 Å². The van der Waals surface area contributed by atoms with Gasteiger partial charge in [-0.25, -0.2) is 4.39 Å². The molecule has 1 heterocycles. The van der Waals surface area contributed by atoms with Crippen molar-refractivity contribution in [3.05, 3.63) is 47.2 Å². The molecule has 4 nitrogen and oxygen atoms in total. The fourth-order valence-electron chi connectivity index (χ4n) is 2.11. The van der Waals surface area contributed by atoms with Gasteiger partial charge in [-0.3, -0.25) is 0 Å². The van der Waals surface area contributed by atoms with Gasteiger partial charge in [0.15, 0.2) is 0 Å². The van der Waals surface area contributed by atoms with Crippen molar-refractivity contribution in [1.82, 2.24) is 0 Å². The summed E-state index contributed by atoms with van der Waals surface area (Å²) in [5.74, 6) is -0.615. The Morgan fingerprint density at radius 3 is 2.52 bits per heavy atom. The standard InChI is InChI=1S/C13H7Cl2FN2O2S/c14-8-4-2-1-3-7(8)11-9(16)5-6-10-12(11)17-13(15)18-21(10,19)20/h1-6H,(H,17,18). The van der Waals surface area contributed by atoms with E-state index in [-0.39, 0.29) is 21.4 Å². The molecule has 0 spiro atoms. The SMILES string of the molecule is O=S1(=O)N=C(Cl)Nc2c1ccc(F)c2-c1ccccc1Cl. The van der Waals surface area contributed by atoms with Gasteiger partial charge in [-0.05, 0) is 29.8 Å². The molecule has 1 aliphatic rings. The molecular formula is C13H7Cl2FN2O2S. The highest BCUT2D eigenvalue weighted by molar-refractivity contribution is 7.90. The second-order valence-electron chi connectivity index (χ2n) is 4.26. The first kappa shape index (κ1) is 14.3. The number of hydrogen-bond donors (Lipinski definition) is 1. The van der Waals surface area contributed by atoms with E-state index in [1.165, 1.54) is 0 Å². The van der Waals surface area contributed by atoms with Gasteiger partial charge in [-0.2, -0.15) is 8.42 Å². The Morgan fingerprint density at radius 1 is 1.10 bits per heavy atom. The van der Waals surface area contributed by atoms with E-state index in [1.807, 2.05) is 0 Å². The van der Waals surface area contributed by atoms with Gasteiger partial charge in [-0.15, -0.1) is 4.40 Å². The second-order valence-corrected chi connectivity index (χ2v) is 6.60. The predicted octanol–water partition coefficient (Wildman–Crippen LogP) is 3.86. The summed E-state index contributed by atoms with van der Waals surface area (Å²) in [6.07, 6.45) is 0. The van der Waals surface area contributed by atoms with Crippen LogP contribution in [0.3, 0.4) is 0 Å². The molecule has 0 saturated carbocycles. The van der Waals surface area contributed by atoms with Crippen LogP contribution in [0.2, 0.25) is 5.02 Å². The van der Waals surface area contributed by atoms with Crippen LogP contribution in [0.4, 0.5) is 10.1 Å². The summed E-state index contributed by atoms with van der Waals surface area (Å²) >= 11 is 11.8. The zero-order chi connectivity index (χ0) is 15.2. The zero-order valence-corrected chi connectivity index (χ0v) is 12.6. The van der Waals surface area contributed by atoms with Crippen LogP contribution in [-0.4, -0.2) is 13.7 Å². The normalized spacial score (nSPS) is 15.9. The lowest BCUT2D eigenvalue weighted by molar-refractivity contribution is 0.597. The van der Waals surface area contributed by atoms with E-state index in [9.17, 15) is 12.8 Å². The quantitative estimate of drug-likeness (QED) is 0.799. The maximum atomic E-state index is 14.2. The highest BCUT2D eigenvalue weighted by Gasteiger charge is 2.29. The summed E-state index contributed by atoms with van der Waals surface area (Å²) in [5, 5.41) is 2.54. The van der Waals surface area contributed by atoms with Crippen molar-refractivity contribution < 1.29 is 12.8 Å². The molecule has 21 heavy (non-hydrogen) atoms. The van der Waals surface area contributed by atoms with E-state index in [0.717, 1.165) is 12.1 Å². The molecule has 0 unspecified atom stereocenters. The highest BCUT2D eigenvalue weighted by atomic mass is 35.5. The van der Waals surface area contributed by atoms with Gasteiger partial charge in [-0.1, -0.05) is 29.8 Å². The third kappa shape index (κ3) is 2.39. The predicted molar refractivity (Wildman–Crippen MR) is 80.9 cm³/mol. The van der Waals surface area contributed by atoms with Crippen LogP contribution in [-0.2, 0) is 10.0 Å². The van der Waals surface area contributed by atoms with E-state index >= 15 is 0 Å². The summed E-state index contributed by atoms with van der Waals surface area (Å²) in [5.41, 5.74) is 0.431. The number of amidine groups is 1. The molecule has 0 saturated heterocycles. The van der Waals surface area contributed by atoms with E-state index in [0.29, 0.717) is 10.6 Å². The minimum atomic E-state index is -3.97. The zero-order valence-electron chi connectivity index (χ0n) is 10.3. The summed E-state index contributed by atoms with van der Waals surface area (Å²) in [6.45, 7) is 0. The van der Waals surface area contributed by atoms with E-state index in [1.54, 1.807) is 24.3 Å². The first-order chi connectivity index (χ1) is 9.90. The Hall–Kier alpha value is -1.63. The fourth-order valence-corrected chi connectivity index (χ4v) is 3.71. The minimum absolute atomic E-state index is 0.0306. The number of nitrogens with one attached hydrogen (secondary N) is 1. The molecule has 2 aromatic rings. The first-order valence-electron chi connectivity index (χ1n) is 5.75. The van der Waals surface area contributed by atoms with E-state index < -0.39 is 15.8 Å². The Balaban J connectivity index is 2.38. The molecule has 8 heteroatoms. The molecule has 0 bridgehead atoms. The van der Waals surface area contributed by atoms with Crippen LogP contribution in [0.5, 0.6) is 0 Å². The number of hydrogen-bond acceptors (Lipinski definition) is 3. The van der Waals surface area contributed by atoms with Crippen molar-refractivity contribution >= 4 is 44.2 Å². The van der Waals surface area contributed by atoms with E-state index in [4.69, 9.17) is 23.2 Å². The number of fused-ring (bicyclic) bond motifs is 1. The Morgan fingerprint density at radius 2 is 1.81 bits per heavy atom. The number of benzene rings is 2. The molecule has 108 valence electrons. The molecule has 0 aromatic heterocycles. The number of halogens is 3. The van der Waals surface area contributed by atoms with E-state index in [2.05, 4.69) is 9.71 Å². The largest absolute Gasteiger partial charge is 0.328 e. The smallest absolute Gasteiger partial charge is 0.287 e. The fraction of sp³-hybridized carbons (Fsp3) is 0. The molecule has 0 atom stereocenters. The minimum Gasteiger partial charge on any atom is -0.328 e. The second kappa shape index (κ2) is 4.98. The summed E-state index contributed by atoms with van der Waals surface area (Å²) < 4.78 is 41.6. The van der Waals surface area contributed by atoms with Crippen LogP contribution in [0.25, 0.3) is 11.1 Å². The highest BCUT2D eigenvalue weighted by Crippen LogP contribution is 2.41. The molecule has 0 aliphatic carbocycles. The first-order valence-corrected chi connectivity index (χ1v) is 7.94. The third-order valence-corrected chi connectivity index (χ3v) is 4.89. The van der Waals surface area contributed by atoms with Gasteiger partial charge < -0.3 is 5.32 Å². The third-order valence-electron chi connectivity index (χ3n) is 2.97. The molecule has 0 amide bonds. The van der Waals surface area contributed by atoms with Crippen molar-refractivity contribution in [3.8, 4) is 11.1 Å². The van der Waals surface area contributed by atoms with Gasteiger partial charge in [0.25, 0.3) is 10.0 Å². The number of nitrogens with zero attached hydrogens (tertiary/aromatic N) is 1. The molecule has 2 aromatic carbocycles. The maximum absolute atomic E-state index is 14.2. The van der Waals surface area contributed by atoms with Gasteiger partial charge in [0.1, 0.15) is 10.7 Å². The van der Waals surface area contributed by atoms with Gasteiger partial charge >= 0.3 is 0 Å². The van der Waals surface area contributed by atoms with Crippen molar-refractivity contribution in [3.63, 3.8) is 0 Å². The molecule has 0 radical (unpaired) electrons. The van der Waals surface area contributed by atoms with Crippen LogP contribution < -0.4 is 5.32 Å². The monoisotopic (exact) mass is 344 g/mol. The molecule has 1 N–H and O–H groups in total. The van der Waals surface area contributed by atoms with Crippen molar-refractivity contribution in [1.29, 1.82) is 0 Å². The van der Waals surface area contributed by atoms with Crippen LogP contribution >= 0.6 is 23.2 Å². The lowest BCUT2D eigenvalue weighted by Crippen LogP contribution is -2.18. The maximum Gasteiger partial charge on any atom is 0.287 e. The number of sulfonamides is 1. The lowest BCUT2D eigenvalue weighted by atomic mass is 10.0.